The van der Waals surface area contributed by atoms with Gasteiger partial charge in [0.15, 0.2) is 0 Å². The van der Waals surface area contributed by atoms with Crippen molar-refractivity contribution in [2.75, 3.05) is 0 Å². The molecule has 0 unspecified atom stereocenters. The molecular formula is C10H22Cl2N2O2Ti6. The van der Waals surface area contributed by atoms with Gasteiger partial charge in [0.25, 0.3) is 0 Å². The zero-order chi connectivity index (χ0) is 16.7. The Hall–Kier alpha value is 3.81. The Morgan fingerprint density at radius 2 is 1.73 bits per heavy atom. The number of halogens is 2. The molecule has 0 radical (unpaired) electrons. The fraction of sp³-hybridized carbons (Fsp3) is 0.800. The minimum absolute atomic E-state index is 0.0484. The summed E-state index contributed by atoms with van der Waals surface area (Å²) in [6.45, 7) is 4.51. The number of amides is 2. The maximum atomic E-state index is 11.2. The predicted molar refractivity (Wildman–Crippen MR) is 69.5 cm³/mol. The van der Waals surface area contributed by atoms with Crippen LogP contribution < -0.4 is 7.60 Å². The Morgan fingerprint density at radius 3 is 2.18 bits per heavy atom. The quantitative estimate of drug-likeness (QED) is 0.319. The molecule has 0 aromatic heterocycles. The van der Waals surface area contributed by atoms with Crippen LogP contribution in [-0.4, -0.2) is 12.8 Å². The van der Waals surface area contributed by atoms with Crippen LogP contribution in [-0.2, 0) is 76.7 Å². The zero-order valence-electron chi connectivity index (χ0n) is 13.0. The molecule has 0 saturated carbocycles. The molecule has 2 amide bonds. The second-order valence-corrected chi connectivity index (χ2v) is 104. The van der Waals surface area contributed by atoms with Crippen molar-refractivity contribution in [1.82, 2.24) is 7.60 Å². The summed E-state index contributed by atoms with van der Waals surface area (Å²) in [6, 6.07) is 0. The summed E-state index contributed by atoms with van der Waals surface area (Å²) in [4.78, 5) is 22.2. The van der Waals surface area contributed by atoms with E-state index in [-0.39, 0.29) is 25.5 Å². The number of unbranched alkanes of at least 4 members (excludes halogenated alkanes) is 2. The molecule has 12 heteroatoms. The van der Waals surface area contributed by atoms with Crippen LogP contribution in [0.3, 0.4) is 0 Å². The van der Waals surface area contributed by atoms with Gasteiger partial charge in [0.1, 0.15) is 0 Å². The van der Waals surface area contributed by atoms with Gasteiger partial charge in [0, 0.05) is 0 Å². The average molecular weight is 560 g/mol. The molecule has 0 aliphatic carbocycles. The van der Waals surface area contributed by atoms with Crippen molar-refractivity contribution in [3.63, 3.8) is 0 Å². The van der Waals surface area contributed by atoms with E-state index >= 15 is 0 Å². The second-order valence-electron chi connectivity index (χ2n) is 5.58. The van der Waals surface area contributed by atoms with Gasteiger partial charge in [-0.25, -0.2) is 0 Å². The second kappa shape index (κ2) is 11.0. The normalized spacial score (nSPS) is 22.7. The number of nitrogens with one attached hydrogen (secondary N) is 2. The van der Waals surface area contributed by atoms with Crippen molar-refractivity contribution < 1.29 is 76.7 Å². The monoisotopic (exact) mass is 560 g/mol. The van der Waals surface area contributed by atoms with E-state index in [2.05, 4.69) is 21.4 Å². The predicted octanol–water partition coefficient (Wildman–Crippen LogP) is 3.27. The van der Waals surface area contributed by atoms with Crippen molar-refractivity contribution >= 4 is 31.4 Å². The summed E-state index contributed by atoms with van der Waals surface area (Å²) in [5, 5.41) is 0. The first kappa shape index (κ1) is 23.8. The first-order chi connectivity index (χ1) is 10.3. The SMILES string of the molecule is CCC[CH2][Ti]1([CH2]CCC)[Ti][Ti]([NH]C=O)[Ti][Ti]([Cl])([Cl])([NH]C=O)[Ti]1. The van der Waals surface area contributed by atoms with E-state index in [9.17, 15) is 9.59 Å². The number of rotatable bonds is 10. The fourth-order valence-corrected chi connectivity index (χ4v) is 484. The standard InChI is InChI=1S/2C4H9.2CH3NO.2ClH.6Ti/c2*1-3-4-2;2*2-1-3;;;;;;;;/h2*1,3-4H2,2H3;2*1H,(H2,2,3);2*1H;;;;;;/q;;;;;;;;;;+1;+3/p-4. The average Bonchev–Trinajstić information content (AvgIpc) is 2.42. The third-order valence-electron chi connectivity index (χ3n) is 3.60. The van der Waals surface area contributed by atoms with Crippen molar-refractivity contribution in [3.05, 3.63) is 0 Å². The van der Waals surface area contributed by atoms with Crippen LogP contribution in [0.5, 0.6) is 0 Å². The van der Waals surface area contributed by atoms with Gasteiger partial charge in [0.05, 0.1) is 0 Å². The van der Waals surface area contributed by atoms with Crippen molar-refractivity contribution in [2.45, 2.75) is 49.0 Å². The first-order valence-electron chi connectivity index (χ1n) is 7.55. The molecule has 0 bridgehead atoms. The number of carbonyl (C=O) groups is 2. The minimum atomic E-state index is -3.68. The molecule has 4 nitrogen and oxygen atoms in total. The first-order valence-corrected chi connectivity index (χ1v) is 39.6. The van der Waals surface area contributed by atoms with Crippen molar-refractivity contribution in [1.29, 1.82) is 0 Å². The van der Waals surface area contributed by atoms with E-state index < -0.39 is 41.7 Å². The molecule has 1 aliphatic rings. The van der Waals surface area contributed by atoms with E-state index in [1.807, 2.05) is 0 Å². The Kier molecular flexibility index (Phi) is 11.9. The fourth-order valence-electron chi connectivity index (χ4n) is 2.61. The van der Waals surface area contributed by atoms with Gasteiger partial charge in [-0.3, -0.25) is 0 Å². The van der Waals surface area contributed by atoms with Crippen molar-refractivity contribution in [3.8, 4) is 0 Å². The molecule has 0 spiro atoms. The Labute approximate surface area is 161 Å². The van der Waals surface area contributed by atoms with Crippen LogP contribution in [0, 0.1) is 0 Å². The molecule has 1 aliphatic heterocycles. The molecule has 1 saturated heterocycles. The molecular weight excluding hydrogens is 538 g/mol. The van der Waals surface area contributed by atoms with E-state index in [0.29, 0.717) is 0 Å². The van der Waals surface area contributed by atoms with Gasteiger partial charge in [-0.1, -0.05) is 0 Å². The molecule has 1 fully saturated rings. The van der Waals surface area contributed by atoms with Gasteiger partial charge in [-0.05, 0) is 0 Å². The van der Waals surface area contributed by atoms with Crippen LogP contribution in [0.2, 0.25) is 9.45 Å². The third-order valence-corrected chi connectivity index (χ3v) is 209. The maximum absolute atomic E-state index is 11.2. The van der Waals surface area contributed by atoms with Gasteiger partial charge >= 0.3 is 165 Å². The third kappa shape index (κ3) is 7.81. The topological polar surface area (TPSA) is 58.2 Å². The zero-order valence-corrected chi connectivity index (χ0v) is 23.9. The Balaban J connectivity index is 3.09. The van der Waals surface area contributed by atoms with E-state index in [1.54, 1.807) is 0 Å². The van der Waals surface area contributed by atoms with Gasteiger partial charge in [-0.15, -0.1) is 0 Å². The summed E-state index contributed by atoms with van der Waals surface area (Å²) < 4.78 is 9.09. The number of carbonyl (C=O) groups excluding carboxylic acids is 2. The molecule has 1 rings (SSSR count). The summed E-state index contributed by atoms with van der Waals surface area (Å²) in [5.41, 5.74) is 0. The molecule has 2 N–H and O–H groups in total. The number of hydrogen-bond donors (Lipinski definition) is 2. The number of hydrogen-bond acceptors (Lipinski definition) is 2. The van der Waals surface area contributed by atoms with Gasteiger partial charge in [0.2, 0.25) is 0 Å². The van der Waals surface area contributed by atoms with E-state index in [0.717, 1.165) is 12.8 Å². The summed E-state index contributed by atoms with van der Waals surface area (Å²) in [5.74, 6) is 0. The van der Waals surface area contributed by atoms with Crippen molar-refractivity contribution in [2.24, 2.45) is 0 Å². The molecule has 1 heterocycles. The summed E-state index contributed by atoms with van der Waals surface area (Å²) in [6.07, 6.45) is 6.76. The van der Waals surface area contributed by atoms with E-state index in [4.69, 9.17) is 18.6 Å². The van der Waals surface area contributed by atoms with Gasteiger partial charge < -0.3 is 0 Å². The Morgan fingerprint density at radius 1 is 1.14 bits per heavy atom. The van der Waals surface area contributed by atoms with Crippen LogP contribution in [0.25, 0.3) is 0 Å². The molecule has 0 aromatic carbocycles. The Bertz CT molecular complexity index is 396. The molecule has 22 heavy (non-hydrogen) atoms. The van der Waals surface area contributed by atoms with Gasteiger partial charge in [-0.2, -0.15) is 0 Å². The van der Waals surface area contributed by atoms with Crippen LogP contribution in [0.1, 0.15) is 39.5 Å². The molecule has 0 aromatic rings. The van der Waals surface area contributed by atoms with Crippen LogP contribution in [0.4, 0.5) is 0 Å². The van der Waals surface area contributed by atoms with Crippen LogP contribution in [0.15, 0.2) is 0 Å². The van der Waals surface area contributed by atoms with E-state index in [1.165, 1.54) is 35.1 Å². The summed E-state index contributed by atoms with van der Waals surface area (Å²) in [7, 11) is 8.55. The molecule has 122 valence electrons. The van der Waals surface area contributed by atoms with Crippen LogP contribution >= 0.6 is 18.6 Å². The summed E-state index contributed by atoms with van der Waals surface area (Å²) >= 11 is -2.30. The molecule has 0 atom stereocenters.